The normalized spacial score (nSPS) is 18.4. The Hall–Kier alpha value is -2.24. The molecule has 1 aromatic carbocycles. The van der Waals surface area contributed by atoms with Gasteiger partial charge in [0, 0.05) is 24.7 Å². The molecule has 2 amide bonds. The number of nitrogens with zero attached hydrogens (tertiary/aromatic N) is 1. The van der Waals surface area contributed by atoms with Gasteiger partial charge in [-0.15, -0.1) is 0 Å². The van der Waals surface area contributed by atoms with Crippen molar-refractivity contribution in [2.75, 3.05) is 25.5 Å². The van der Waals surface area contributed by atoms with Gasteiger partial charge in [-0.05, 0) is 37.1 Å². The van der Waals surface area contributed by atoms with E-state index in [-0.39, 0.29) is 17.8 Å². The molecule has 20 heavy (non-hydrogen) atoms. The van der Waals surface area contributed by atoms with Gasteiger partial charge >= 0.3 is 6.03 Å². The molecule has 6 nitrogen and oxygen atoms in total. The molecule has 6 heteroatoms. The van der Waals surface area contributed by atoms with E-state index >= 15 is 0 Å². The number of carbonyl (C=O) groups is 1. The zero-order valence-electron chi connectivity index (χ0n) is 11.6. The zero-order valence-corrected chi connectivity index (χ0v) is 11.6. The number of nitrogens with two attached hydrogens (primary N) is 1. The Morgan fingerprint density at radius 3 is 2.75 bits per heavy atom. The van der Waals surface area contributed by atoms with Gasteiger partial charge in [0.25, 0.3) is 0 Å². The maximum atomic E-state index is 12.2. The average Bonchev–Trinajstić information content (AvgIpc) is 2.48. The van der Waals surface area contributed by atoms with Crippen LogP contribution in [-0.4, -0.2) is 37.0 Å². The number of amidine groups is 1. The topological polar surface area (TPSA) is 91.4 Å². The van der Waals surface area contributed by atoms with E-state index in [2.05, 4.69) is 5.32 Å². The van der Waals surface area contributed by atoms with Crippen LogP contribution in [-0.2, 0) is 0 Å². The van der Waals surface area contributed by atoms with Crippen molar-refractivity contribution < 1.29 is 9.53 Å². The third-order valence-electron chi connectivity index (χ3n) is 3.49. The Bertz CT molecular complexity index is 486. The summed E-state index contributed by atoms with van der Waals surface area (Å²) in [5.41, 5.74) is 6.25. The quantitative estimate of drug-likeness (QED) is 0.581. The van der Waals surface area contributed by atoms with Gasteiger partial charge < -0.3 is 20.7 Å². The van der Waals surface area contributed by atoms with E-state index in [0.717, 1.165) is 24.3 Å². The number of anilines is 1. The summed E-state index contributed by atoms with van der Waals surface area (Å²) in [7, 11) is 1.60. The SMILES string of the molecule is COc1ccc(NC(=O)N2CCCC(C(=N)N)C2)cc1. The summed E-state index contributed by atoms with van der Waals surface area (Å²) in [5, 5.41) is 10.3. The van der Waals surface area contributed by atoms with Crippen LogP contribution in [0.4, 0.5) is 10.5 Å². The van der Waals surface area contributed by atoms with E-state index in [1.807, 2.05) is 0 Å². The minimum atomic E-state index is -0.152. The van der Waals surface area contributed by atoms with Crippen molar-refractivity contribution in [3.05, 3.63) is 24.3 Å². The molecule has 0 saturated carbocycles. The first-order valence-electron chi connectivity index (χ1n) is 6.64. The highest BCUT2D eigenvalue weighted by Gasteiger charge is 2.25. The number of hydrogen-bond donors (Lipinski definition) is 3. The molecule has 1 aromatic rings. The lowest BCUT2D eigenvalue weighted by Gasteiger charge is -2.32. The van der Waals surface area contributed by atoms with E-state index in [1.165, 1.54) is 0 Å². The molecule has 1 atom stereocenters. The van der Waals surface area contributed by atoms with Crippen LogP contribution in [0.5, 0.6) is 5.75 Å². The molecule has 0 spiro atoms. The third-order valence-corrected chi connectivity index (χ3v) is 3.49. The highest BCUT2D eigenvalue weighted by Crippen LogP contribution is 2.19. The van der Waals surface area contributed by atoms with Crippen molar-refractivity contribution in [1.29, 1.82) is 5.41 Å². The molecular formula is C14H20N4O2. The van der Waals surface area contributed by atoms with Gasteiger partial charge in [-0.1, -0.05) is 0 Å². The molecular weight excluding hydrogens is 256 g/mol. The van der Waals surface area contributed by atoms with Gasteiger partial charge in [-0.3, -0.25) is 5.41 Å². The molecule has 0 radical (unpaired) electrons. The first-order chi connectivity index (χ1) is 9.60. The molecule has 1 unspecified atom stereocenters. The first kappa shape index (κ1) is 14.2. The summed E-state index contributed by atoms with van der Waals surface area (Å²) < 4.78 is 5.07. The van der Waals surface area contributed by atoms with Crippen molar-refractivity contribution in [3.63, 3.8) is 0 Å². The van der Waals surface area contributed by atoms with Crippen LogP contribution in [0.2, 0.25) is 0 Å². The van der Waals surface area contributed by atoms with Crippen molar-refractivity contribution in [3.8, 4) is 5.75 Å². The molecule has 2 rings (SSSR count). The Balaban J connectivity index is 1.95. The lowest BCUT2D eigenvalue weighted by Crippen LogP contribution is -2.45. The minimum Gasteiger partial charge on any atom is -0.497 e. The molecule has 0 bridgehead atoms. The van der Waals surface area contributed by atoms with Crippen molar-refractivity contribution >= 4 is 17.6 Å². The molecule has 108 valence electrons. The minimum absolute atomic E-state index is 0.0228. The summed E-state index contributed by atoms with van der Waals surface area (Å²) >= 11 is 0. The van der Waals surface area contributed by atoms with E-state index in [1.54, 1.807) is 36.3 Å². The standard InChI is InChI=1S/C14H20N4O2/c1-20-12-6-4-11(5-7-12)17-14(19)18-8-2-3-10(9-18)13(15)16/h4-7,10H,2-3,8-9H2,1H3,(H3,15,16)(H,17,19). The van der Waals surface area contributed by atoms with Gasteiger partial charge in [0.05, 0.1) is 12.9 Å². The second-order valence-electron chi connectivity index (χ2n) is 4.90. The van der Waals surface area contributed by atoms with E-state index in [9.17, 15) is 4.79 Å². The third kappa shape index (κ3) is 3.40. The summed E-state index contributed by atoms with van der Waals surface area (Å²) in [5.74, 6) is 0.884. The number of nitrogens with one attached hydrogen (secondary N) is 2. The number of carbonyl (C=O) groups excluding carboxylic acids is 1. The first-order valence-corrected chi connectivity index (χ1v) is 6.64. The number of rotatable bonds is 3. The molecule has 0 aromatic heterocycles. The molecule has 1 aliphatic heterocycles. The Morgan fingerprint density at radius 2 is 2.15 bits per heavy atom. The van der Waals surface area contributed by atoms with Crippen molar-refractivity contribution in [2.45, 2.75) is 12.8 Å². The van der Waals surface area contributed by atoms with Crippen LogP contribution in [0.1, 0.15) is 12.8 Å². The fourth-order valence-corrected chi connectivity index (χ4v) is 2.29. The summed E-state index contributed by atoms with van der Waals surface area (Å²) in [4.78, 5) is 13.9. The van der Waals surface area contributed by atoms with E-state index < -0.39 is 0 Å². The lowest BCUT2D eigenvalue weighted by atomic mass is 9.97. The molecule has 1 aliphatic rings. The predicted octanol–water partition coefficient (Wildman–Crippen LogP) is 1.88. The largest absolute Gasteiger partial charge is 0.497 e. The number of benzene rings is 1. The second-order valence-corrected chi connectivity index (χ2v) is 4.90. The zero-order chi connectivity index (χ0) is 14.5. The molecule has 1 heterocycles. The molecule has 0 aliphatic carbocycles. The van der Waals surface area contributed by atoms with E-state index in [0.29, 0.717) is 13.1 Å². The number of amides is 2. The van der Waals surface area contributed by atoms with Crippen LogP contribution in [0.3, 0.4) is 0 Å². The molecule has 1 fully saturated rings. The fourth-order valence-electron chi connectivity index (χ4n) is 2.29. The van der Waals surface area contributed by atoms with Crippen LogP contribution in [0.25, 0.3) is 0 Å². The lowest BCUT2D eigenvalue weighted by molar-refractivity contribution is 0.191. The Morgan fingerprint density at radius 1 is 1.45 bits per heavy atom. The van der Waals surface area contributed by atoms with Crippen LogP contribution in [0, 0.1) is 11.3 Å². The highest BCUT2D eigenvalue weighted by atomic mass is 16.5. The van der Waals surface area contributed by atoms with Crippen molar-refractivity contribution in [1.82, 2.24) is 4.90 Å². The average molecular weight is 276 g/mol. The van der Waals surface area contributed by atoms with Crippen molar-refractivity contribution in [2.24, 2.45) is 11.7 Å². The van der Waals surface area contributed by atoms with Gasteiger partial charge in [0.1, 0.15) is 5.75 Å². The number of methoxy groups -OCH3 is 1. The number of urea groups is 1. The number of piperidine rings is 1. The maximum absolute atomic E-state index is 12.2. The van der Waals surface area contributed by atoms with Gasteiger partial charge in [0.2, 0.25) is 0 Å². The Kier molecular flexibility index (Phi) is 4.45. The van der Waals surface area contributed by atoms with Crippen LogP contribution >= 0.6 is 0 Å². The van der Waals surface area contributed by atoms with Crippen LogP contribution < -0.4 is 15.8 Å². The maximum Gasteiger partial charge on any atom is 0.321 e. The number of ether oxygens (including phenoxy) is 1. The second kappa shape index (κ2) is 6.27. The molecule has 1 saturated heterocycles. The summed E-state index contributed by atoms with van der Waals surface area (Å²) in [6.45, 7) is 1.21. The molecule has 4 N–H and O–H groups in total. The number of likely N-dealkylation sites (tertiary alicyclic amines) is 1. The monoisotopic (exact) mass is 276 g/mol. The summed E-state index contributed by atoms with van der Waals surface area (Å²) in [6.07, 6.45) is 1.75. The number of hydrogen-bond acceptors (Lipinski definition) is 3. The van der Waals surface area contributed by atoms with E-state index in [4.69, 9.17) is 15.9 Å². The Labute approximate surface area is 118 Å². The van der Waals surface area contributed by atoms with Gasteiger partial charge in [-0.25, -0.2) is 4.79 Å². The smallest absolute Gasteiger partial charge is 0.321 e. The fraction of sp³-hybridized carbons (Fsp3) is 0.429. The van der Waals surface area contributed by atoms with Gasteiger partial charge in [0.15, 0.2) is 0 Å². The predicted molar refractivity (Wildman–Crippen MR) is 78.2 cm³/mol. The summed E-state index contributed by atoms with van der Waals surface area (Å²) in [6, 6.07) is 7.03. The van der Waals surface area contributed by atoms with Crippen LogP contribution in [0.15, 0.2) is 24.3 Å². The van der Waals surface area contributed by atoms with Gasteiger partial charge in [-0.2, -0.15) is 0 Å². The highest BCUT2D eigenvalue weighted by molar-refractivity contribution is 5.90.